The van der Waals surface area contributed by atoms with Gasteiger partial charge in [-0.3, -0.25) is 0 Å². The molecule has 0 spiro atoms. The summed E-state index contributed by atoms with van der Waals surface area (Å²) in [6.07, 6.45) is 15.4. The Hall–Kier alpha value is -1.34. The maximum atomic E-state index is 5.68. The van der Waals surface area contributed by atoms with E-state index in [2.05, 4.69) is 49.1 Å². The third-order valence-corrected chi connectivity index (χ3v) is 5.02. The first-order valence-corrected chi connectivity index (χ1v) is 9.21. The lowest BCUT2D eigenvalue weighted by atomic mass is 9.79. The molecule has 0 aromatic heterocycles. The quantitative estimate of drug-likeness (QED) is 0.396. The molecule has 0 bridgehead atoms. The van der Waals surface area contributed by atoms with Crippen molar-refractivity contribution in [1.29, 1.82) is 0 Å². The average molecular weight is 312 g/mol. The van der Waals surface area contributed by atoms with Crippen LogP contribution in [-0.4, -0.2) is 6.61 Å². The van der Waals surface area contributed by atoms with Crippen molar-refractivity contribution in [1.82, 2.24) is 0 Å². The van der Waals surface area contributed by atoms with Crippen LogP contribution in [0.15, 0.2) is 49.1 Å². The maximum Gasteiger partial charge on any atom is 0.0717 e. The van der Waals surface area contributed by atoms with Gasteiger partial charge in [-0.1, -0.05) is 42.5 Å². The summed E-state index contributed by atoms with van der Waals surface area (Å²) >= 11 is 0. The van der Waals surface area contributed by atoms with Crippen molar-refractivity contribution in [2.75, 3.05) is 6.61 Å². The Kier molecular flexibility index (Phi) is 8.17. The molecule has 0 saturated heterocycles. The summed E-state index contributed by atoms with van der Waals surface area (Å²) in [6, 6.07) is 9.00. The van der Waals surface area contributed by atoms with E-state index in [9.17, 15) is 0 Å². The van der Waals surface area contributed by atoms with Gasteiger partial charge in [-0.25, -0.2) is 0 Å². The Bertz CT molecular complexity index is 463. The van der Waals surface area contributed by atoms with Crippen LogP contribution in [0.3, 0.4) is 0 Å². The van der Waals surface area contributed by atoms with Gasteiger partial charge in [-0.15, -0.1) is 6.58 Å². The molecule has 1 aromatic rings. The molecule has 0 N–H and O–H groups in total. The molecular formula is C22H32O. The molecule has 0 radical (unpaired) electrons. The van der Waals surface area contributed by atoms with Gasteiger partial charge in [-0.2, -0.15) is 0 Å². The average Bonchev–Trinajstić information content (AvgIpc) is 2.61. The van der Waals surface area contributed by atoms with Crippen LogP contribution in [0.25, 0.3) is 0 Å². The number of hydrogen-bond donors (Lipinski definition) is 0. The number of allylic oxidation sites excluding steroid dienone is 2. The van der Waals surface area contributed by atoms with E-state index in [1.807, 2.05) is 6.92 Å². The first kappa shape index (κ1) is 18.0. The highest BCUT2D eigenvalue weighted by Gasteiger charge is 2.18. The highest BCUT2D eigenvalue weighted by atomic mass is 16.5. The molecule has 1 aromatic carbocycles. The molecule has 1 nitrogen and oxygen atoms in total. The summed E-state index contributed by atoms with van der Waals surface area (Å²) in [5, 5.41) is 0. The molecule has 126 valence electrons. The minimum Gasteiger partial charge on any atom is -0.376 e. The fraction of sp³-hybridized carbons (Fsp3) is 0.545. The van der Waals surface area contributed by atoms with Gasteiger partial charge in [0.25, 0.3) is 0 Å². The standard InChI is InChI=1S/C22H32O/c1-3-5-6-17-23-18-22-15-13-21(14-16-22)12-11-20-9-7-19(4-2)8-10-20/h3-5,13-16,19-20H,2,6-12,17-18H2,1H3/t19-,20-. The van der Waals surface area contributed by atoms with E-state index in [4.69, 9.17) is 4.74 Å². The van der Waals surface area contributed by atoms with Crippen LogP contribution in [-0.2, 0) is 17.8 Å². The van der Waals surface area contributed by atoms with E-state index in [0.717, 1.165) is 31.5 Å². The first-order valence-electron chi connectivity index (χ1n) is 9.21. The highest BCUT2D eigenvalue weighted by Crippen LogP contribution is 2.32. The van der Waals surface area contributed by atoms with Gasteiger partial charge in [0.1, 0.15) is 0 Å². The van der Waals surface area contributed by atoms with Gasteiger partial charge < -0.3 is 4.74 Å². The normalized spacial score (nSPS) is 21.6. The summed E-state index contributed by atoms with van der Waals surface area (Å²) in [6.45, 7) is 7.51. The van der Waals surface area contributed by atoms with E-state index in [1.165, 1.54) is 49.7 Å². The van der Waals surface area contributed by atoms with Crippen LogP contribution in [0.2, 0.25) is 0 Å². The molecule has 1 fully saturated rings. The summed E-state index contributed by atoms with van der Waals surface area (Å²) in [5.74, 6) is 1.69. The van der Waals surface area contributed by atoms with E-state index in [1.54, 1.807) is 0 Å². The Morgan fingerprint density at radius 1 is 1.09 bits per heavy atom. The van der Waals surface area contributed by atoms with Crippen molar-refractivity contribution < 1.29 is 4.74 Å². The molecule has 0 amide bonds. The van der Waals surface area contributed by atoms with Crippen LogP contribution in [0.4, 0.5) is 0 Å². The molecule has 0 atom stereocenters. The monoisotopic (exact) mass is 312 g/mol. The fourth-order valence-corrected chi connectivity index (χ4v) is 3.39. The first-order chi connectivity index (χ1) is 11.3. The van der Waals surface area contributed by atoms with Gasteiger partial charge >= 0.3 is 0 Å². The van der Waals surface area contributed by atoms with Crippen LogP contribution >= 0.6 is 0 Å². The predicted octanol–water partition coefficient (Wildman–Crippen LogP) is 6.09. The molecule has 0 heterocycles. The maximum absolute atomic E-state index is 5.68. The second-order valence-electron chi connectivity index (χ2n) is 6.78. The lowest BCUT2D eigenvalue weighted by Gasteiger charge is -2.26. The van der Waals surface area contributed by atoms with Crippen molar-refractivity contribution >= 4 is 0 Å². The largest absolute Gasteiger partial charge is 0.376 e. The number of benzene rings is 1. The third-order valence-electron chi connectivity index (χ3n) is 5.02. The second kappa shape index (κ2) is 10.4. The van der Waals surface area contributed by atoms with Gasteiger partial charge in [0.15, 0.2) is 0 Å². The van der Waals surface area contributed by atoms with E-state index in [-0.39, 0.29) is 0 Å². The lowest BCUT2D eigenvalue weighted by Crippen LogP contribution is -2.13. The Labute approximate surface area is 142 Å². The SMILES string of the molecule is C=C[C@H]1CC[C@H](CCc2ccc(COCCC=CC)cc2)CC1. The van der Waals surface area contributed by atoms with Crippen LogP contribution in [0, 0.1) is 11.8 Å². The van der Waals surface area contributed by atoms with Crippen LogP contribution < -0.4 is 0 Å². The zero-order valence-electron chi connectivity index (χ0n) is 14.7. The predicted molar refractivity (Wildman–Crippen MR) is 99.5 cm³/mol. The van der Waals surface area contributed by atoms with Crippen molar-refractivity contribution in [2.24, 2.45) is 11.8 Å². The van der Waals surface area contributed by atoms with Crippen LogP contribution in [0.1, 0.15) is 56.6 Å². The molecular weight excluding hydrogens is 280 g/mol. The summed E-state index contributed by atoms with van der Waals surface area (Å²) in [4.78, 5) is 0. The van der Waals surface area contributed by atoms with E-state index in [0.29, 0.717) is 0 Å². The number of aryl methyl sites for hydroxylation is 1. The minimum atomic E-state index is 0.726. The summed E-state index contributed by atoms with van der Waals surface area (Å²) in [7, 11) is 0. The Balaban J connectivity index is 1.65. The molecule has 2 rings (SSSR count). The molecule has 1 aliphatic carbocycles. The minimum absolute atomic E-state index is 0.726. The van der Waals surface area contributed by atoms with Crippen molar-refractivity contribution in [3.63, 3.8) is 0 Å². The Morgan fingerprint density at radius 2 is 1.78 bits per heavy atom. The Morgan fingerprint density at radius 3 is 2.43 bits per heavy atom. The topological polar surface area (TPSA) is 9.23 Å². The van der Waals surface area contributed by atoms with Gasteiger partial charge in [-0.05, 0) is 74.8 Å². The number of hydrogen-bond acceptors (Lipinski definition) is 1. The van der Waals surface area contributed by atoms with Crippen LogP contribution in [0.5, 0.6) is 0 Å². The second-order valence-corrected chi connectivity index (χ2v) is 6.78. The van der Waals surface area contributed by atoms with Crippen molar-refractivity contribution in [3.05, 3.63) is 60.2 Å². The molecule has 0 unspecified atom stereocenters. The molecule has 23 heavy (non-hydrogen) atoms. The molecule has 1 aliphatic rings. The number of rotatable bonds is 9. The van der Waals surface area contributed by atoms with Crippen molar-refractivity contribution in [3.8, 4) is 0 Å². The van der Waals surface area contributed by atoms with Crippen molar-refractivity contribution in [2.45, 2.75) is 58.5 Å². The van der Waals surface area contributed by atoms with E-state index >= 15 is 0 Å². The molecule has 1 saturated carbocycles. The van der Waals surface area contributed by atoms with E-state index < -0.39 is 0 Å². The smallest absolute Gasteiger partial charge is 0.0717 e. The fourth-order valence-electron chi connectivity index (χ4n) is 3.39. The molecule has 0 aliphatic heterocycles. The summed E-state index contributed by atoms with van der Waals surface area (Å²) in [5.41, 5.74) is 2.74. The zero-order chi connectivity index (χ0) is 16.3. The highest BCUT2D eigenvalue weighted by molar-refractivity contribution is 5.22. The summed E-state index contributed by atoms with van der Waals surface area (Å²) < 4.78 is 5.68. The van der Waals surface area contributed by atoms with Gasteiger partial charge in [0.2, 0.25) is 0 Å². The zero-order valence-corrected chi connectivity index (χ0v) is 14.7. The van der Waals surface area contributed by atoms with Gasteiger partial charge in [0.05, 0.1) is 13.2 Å². The molecule has 1 heteroatoms. The third kappa shape index (κ3) is 6.74. The van der Waals surface area contributed by atoms with Gasteiger partial charge in [0, 0.05) is 0 Å². The lowest BCUT2D eigenvalue weighted by molar-refractivity contribution is 0.125. The number of ether oxygens (including phenoxy) is 1.